The maximum atomic E-state index is 4.88. The Morgan fingerprint density at radius 1 is 0.929 bits per heavy atom. The number of benzene rings is 1. The number of anilines is 3. The van der Waals surface area contributed by atoms with Crippen LogP contribution in [0.25, 0.3) is 11.4 Å². The highest BCUT2D eigenvalue weighted by molar-refractivity contribution is 5.69. The minimum Gasteiger partial charge on any atom is -0.358 e. The molecular weight excluding hydrogens is 350 g/mol. The minimum atomic E-state index is 0.722. The Kier molecular flexibility index (Phi) is 5.94. The third-order valence-electron chi connectivity index (χ3n) is 4.65. The molecule has 2 N–H and O–H groups in total. The Bertz CT molecular complexity index is 925. The van der Waals surface area contributed by atoms with Gasteiger partial charge in [0, 0.05) is 43.5 Å². The Morgan fingerprint density at radius 2 is 1.64 bits per heavy atom. The second-order valence-corrected chi connectivity index (χ2v) is 7.49. The summed E-state index contributed by atoms with van der Waals surface area (Å²) in [7, 11) is 6.20. The van der Waals surface area contributed by atoms with E-state index >= 15 is 0 Å². The van der Waals surface area contributed by atoms with E-state index in [1.54, 1.807) is 0 Å². The van der Waals surface area contributed by atoms with E-state index in [1.165, 1.54) is 0 Å². The molecule has 0 aliphatic rings. The first-order valence-electron chi connectivity index (χ1n) is 9.44. The summed E-state index contributed by atoms with van der Waals surface area (Å²) in [5, 5.41) is 10.5. The molecule has 1 aromatic carbocycles. The van der Waals surface area contributed by atoms with Crippen LogP contribution in [0.3, 0.4) is 0 Å². The van der Waals surface area contributed by atoms with Gasteiger partial charge in [-0.25, -0.2) is 9.97 Å². The monoisotopic (exact) mass is 379 g/mol. The molecule has 3 rings (SSSR count). The van der Waals surface area contributed by atoms with Gasteiger partial charge in [0.25, 0.3) is 0 Å². The molecule has 3 aromatic rings. The SMILES string of the molecule is Cc1cc(Nc2cc(N(C)CCN(C)C)nc(-c3c(C)cccc3C)n2)n[nH]1. The molecule has 0 atom stereocenters. The van der Waals surface area contributed by atoms with Crippen LogP contribution in [-0.4, -0.2) is 59.3 Å². The summed E-state index contributed by atoms with van der Waals surface area (Å²) >= 11 is 0. The maximum absolute atomic E-state index is 4.88. The van der Waals surface area contributed by atoms with Gasteiger partial charge in [-0.3, -0.25) is 5.10 Å². The average Bonchev–Trinajstić information content (AvgIpc) is 3.04. The lowest BCUT2D eigenvalue weighted by molar-refractivity contribution is 0.416. The van der Waals surface area contributed by atoms with E-state index in [0.29, 0.717) is 0 Å². The highest BCUT2D eigenvalue weighted by atomic mass is 15.2. The Hall–Kier alpha value is -2.93. The van der Waals surface area contributed by atoms with Crippen molar-refractivity contribution in [3.63, 3.8) is 0 Å². The zero-order chi connectivity index (χ0) is 20.3. The lowest BCUT2D eigenvalue weighted by atomic mass is 10.0. The minimum absolute atomic E-state index is 0.722. The van der Waals surface area contributed by atoms with Crippen molar-refractivity contribution < 1.29 is 0 Å². The molecule has 0 spiro atoms. The van der Waals surface area contributed by atoms with Gasteiger partial charge in [-0.05, 0) is 46.0 Å². The van der Waals surface area contributed by atoms with E-state index < -0.39 is 0 Å². The zero-order valence-corrected chi connectivity index (χ0v) is 17.5. The van der Waals surface area contributed by atoms with Gasteiger partial charge < -0.3 is 15.1 Å². The second kappa shape index (κ2) is 8.39. The molecule has 0 amide bonds. The fourth-order valence-electron chi connectivity index (χ4n) is 3.05. The van der Waals surface area contributed by atoms with Gasteiger partial charge in [0.1, 0.15) is 11.6 Å². The molecule has 0 saturated carbocycles. The summed E-state index contributed by atoms with van der Waals surface area (Å²) in [4.78, 5) is 14.0. The van der Waals surface area contributed by atoms with E-state index in [1.807, 2.05) is 19.1 Å². The number of aromatic amines is 1. The zero-order valence-electron chi connectivity index (χ0n) is 17.5. The molecular formula is C21H29N7. The summed E-state index contributed by atoms with van der Waals surface area (Å²) in [5.41, 5.74) is 4.39. The first-order valence-corrected chi connectivity index (χ1v) is 9.44. The predicted octanol–water partition coefficient (Wildman–Crippen LogP) is 3.53. The van der Waals surface area contributed by atoms with Crippen LogP contribution in [-0.2, 0) is 0 Å². The molecule has 2 aromatic heterocycles. The van der Waals surface area contributed by atoms with E-state index in [-0.39, 0.29) is 0 Å². The lowest BCUT2D eigenvalue weighted by Crippen LogP contribution is -2.29. The number of rotatable bonds is 7. The van der Waals surface area contributed by atoms with Gasteiger partial charge in [-0.2, -0.15) is 5.10 Å². The van der Waals surface area contributed by atoms with Crippen molar-refractivity contribution >= 4 is 17.5 Å². The van der Waals surface area contributed by atoms with Gasteiger partial charge in [0.15, 0.2) is 11.6 Å². The standard InChI is InChI=1S/C21H29N7/c1-14-8-7-9-15(2)20(14)21-23-17(22-18-12-16(3)25-26-18)13-19(24-21)28(6)11-10-27(4)5/h7-9,12-13H,10-11H2,1-6H3,(H2,22,23,24,25,26). The highest BCUT2D eigenvalue weighted by Crippen LogP contribution is 2.28. The van der Waals surface area contributed by atoms with Crippen LogP contribution in [0.1, 0.15) is 16.8 Å². The second-order valence-electron chi connectivity index (χ2n) is 7.49. The van der Waals surface area contributed by atoms with E-state index in [9.17, 15) is 0 Å². The lowest BCUT2D eigenvalue weighted by Gasteiger charge is -2.22. The van der Waals surface area contributed by atoms with Crippen LogP contribution in [0, 0.1) is 20.8 Å². The van der Waals surface area contributed by atoms with Crippen molar-refractivity contribution in [3.05, 3.63) is 47.2 Å². The molecule has 2 heterocycles. The van der Waals surface area contributed by atoms with Crippen LogP contribution in [0.15, 0.2) is 30.3 Å². The average molecular weight is 380 g/mol. The van der Waals surface area contributed by atoms with Crippen molar-refractivity contribution in [2.45, 2.75) is 20.8 Å². The summed E-state index contributed by atoms with van der Waals surface area (Å²) in [6, 6.07) is 10.2. The summed E-state index contributed by atoms with van der Waals surface area (Å²) < 4.78 is 0. The van der Waals surface area contributed by atoms with E-state index in [0.717, 1.165) is 58.8 Å². The van der Waals surface area contributed by atoms with Crippen molar-refractivity contribution in [2.75, 3.05) is 44.4 Å². The smallest absolute Gasteiger partial charge is 0.164 e. The van der Waals surface area contributed by atoms with Gasteiger partial charge >= 0.3 is 0 Å². The fourth-order valence-corrected chi connectivity index (χ4v) is 3.05. The highest BCUT2D eigenvalue weighted by Gasteiger charge is 2.14. The first-order chi connectivity index (χ1) is 13.3. The Morgan fingerprint density at radius 3 is 2.25 bits per heavy atom. The molecule has 0 aliphatic carbocycles. The number of nitrogens with zero attached hydrogens (tertiary/aromatic N) is 5. The molecule has 0 fully saturated rings. The molecule has 28 heavy (non-hydrogen) atoms. The van der Waals surface area contributed by atoms with Gasteiger partial charge in [-0.15, -0.1) is 0 Å². The number of H-pyrrole nitrogens is 1. The molecule has 148 valence electrons. The fraction of sp³-hybridized carbons (Fsp3) is 0.381. The molecule has 0 saturated heterocycles. The van der Waals surface area contributed by atoms with E-state index in [2.05, 4.69) is 78.5 Å². The molecule has 0 radical (unpaired) electrons. The Balaban J connectivity index is 2.02. The summed E-state index contributed by atoms with van der Waals surface area (Å²) in [6.07, 6.45) is 0. The number of likely N-dealkylation sites (N-methyl/N-ethyl adjacent to an activating group) is 2. The number of aromatic nitrogens is 4. The van der Waals surface area contributed by atoms with Gasteiger partial charge in [0.2, 0.25) is 0 Å². The third kappa shape index (κ3) is 4.67. The maximum Gasteiger partial charge on any atom is 0.164 e. The van der Waals surface area contributed by atoms with Crippen molar-refractivity contribution in [3.8, 4) is 11.4 Å². The molecule has 0 unspecified atom stereocenters. The molecule has 0 bridgehead atoms. The summed E-state index contributed by atoms with van der Waals surface area (Å²) in [6.45, 7) is 7.98. The van der Waals surface area contributed by atoms with Crippen LogP contribution in [0.5, 0.6) is 0 Å². The molecule has 0 aliphatic heterocycles. The van der Waals surface area contributed by atoms with Crippen LogP contribution in [0.2, 0.25) is 0 Å². The summed E-state index contributed by atoms with van der Waals surface area (Å²) in [5.74, 6) is 3.07. The number of hydrogen-bond donors (Lipinski definition) is 2. The van der Waals surface area contributed by atoms with Crippen molar-refractivity contribution in [2.24, 2.45) is 0 Å². The van der Waals surface area contributed by atoms with Crippen LogP contribution < -0.4 is 10.2 Å². The quantitative estimate of drug-likeness (QED) is 0.654. The van der Waals surface area contributed by atoms with Gasteiger partial charge in [0.05, 0.1) is 0 Å². The van der Waals surface area contributed by atoms with Crippen LogP contribution in [0.4, 0.5) is 17.5 Å². The number of nitrogens with one attached hydrogen (secondary N) is 2. The van der Waals surface area contributed by atoms with Crippen molar-refractivity contribution in [1.82, 2.24) is 25.1 Å². The van der Waals surface area contributed by atoms with Crippen molar-refractivity contribution in [1.29, 1.82) is 0 Å². The number of aryl methyl sites for hydroxylation is 3. The van der Waals surface area contributed by atoms with E-state index in [4.69, 9.17) is 9.97 Å². The molecule has 7 nitrogen and oxygen atoms in total. The normalized spacial score (nSPS) is 11.1. The molecule has 7 heteroatoms. The predicted molar refractivity (Wildman–Crippen MR) is 115 cm³/mol. The largest absolute Gasteiger partial charge is 0.358 e. The number of hydrogen-bond acceptors (Lipinski definition) is 6. The topological polar surface area (TPSA) is 73.0 Å². The third-order valence-corrected chi connectivity index (χ3v) is 4.65. The van der Waals surface area contributed by atoms with Gasteiger partial charge in [-0.1, -0.05) is 18.2 Å². The Labute approximate surface area is 166 Å². The van der Waals surface area contributed by atoms with Crippen LogP contribution >= 0.6 is 0 Å². The first kappa shape index (κ1) is 19.8.